The number of nitrogens with one attached hydrogen (secondary N) is 1. The molecule has 8 N–H and O–H groups in total. The van der Waals surface area contributed by atoms with Crippen molar-refractivity contribution >= 4 is 23.8 Å². The molecule has 1 aromatic carbocycles. The van der Waals surface area contributed by atoms with E-state index in [1.807, 2.05) is 51.1 Å². The van der Waals surface area contributed by atoms with Crippen molar-refractivity contribution in [2.75, 3.05) is 19.6 Å². The molecule has 5 atom stereocenters. The molecule has 0 radical (unpaired) electrons. The third kappa shape index (κ3) is 8.47. The van der Waals surface area contributed by atoms with Crippen LogP contribution in [0.5, 0.6) is 0 Å². The van der Waals surface area contributed by atoms with Gasteiger partial charge >= 0.3 is 6.09 Å². The fourth-order valence-corrected chi connectivity index (χ4v) is 5.00. The quantitative estimate of drug-likeness (QED) is 0.252. The average Bonchev–Trinajstić information content (AvgIpc) is 2.83. The highest BCUT2D eigenvalue weighted by molar-refractivity contribution is 5.87. The van der Waals surface area contributed by atoms with E-state index >= 15 is 0 Å². The van der Waals surface area contributed by atoms with E-state index in [-0.39, 0.29) is 37.0 Å². The van der Waals surface area contributed by atoms with Gasteiger partial charge in [0, 0.05) is 0 Å². The number of nitrogens with zero attached hydrogens (tertiary/aromatic N) is 2. The summed E-state index contributed by atoms with van der Waals surface area (Å²) in [6.45, 7) is 11.3. The smallest absolute Gasteiger partial charge is 0.414 e. The number of ether oxygens (including phenoxy) is 1. The zero-order valence-electron chi connectivity index (χ0n) is 24.6. The molecule has 0 aromatic heterocycles. The first-order valence-corrected chi connectivity index (χ1v) is 13.6. The van der Waals surface area contributed by atoms with Gasteiger partial charge in [0.2, 0.25) is 17.7 Å². The second kappa shape index (κ2) is 13.1. The highest BCUT2D eigenvalue weighted by atomic mass is 16.6. The van der Waals surface area contributed by atoms with Gasteiger partial charge in [0.1, 0.15) is 36.4 Å². The van der Waals surface area contributed by atoms with Gasteiger partial charge in [-0.3, -0.25) is 19.3 Å². The van der Waals surface area contributed by atoms with Gasteiger partial charge in [0.05, 0.1) is 25.1 Å². The number of aliphatic hydroxyl groups is 1. The number of nitrogens with two attached hydrogens (primary N) is 3. The predicted octanol–water partition coefficient (Wildman–Crippen LogP) is 0.345. The monoisotopic (exact) mass is 563 g/mol. The predicted molar refractivity (Wildman–Crippen MR) is 150 cm³/mol. The Labute approximate surface area is 236 Å². The third-order valence-electron chi connectivity index (χ3n) is 7.32. The molecule has 1 fully saturated rings. The number of aliphatic hydroxyl groups excluding tert-OH is 1. The Morgan fingerprint density at radius 3 is 2.20 bits per heavy atom. The molecule has 1 aliphatic rings. The minimum atomic E-state index is -1.25. The van der Waals surface area contributed by atoms with Crippen LogP contribution < -0.4 is 22.5 Å². The number of carbonyl (C=O) groups is 4. The summed E-state index contributed by atoms with van der Waals surface area (Å²) < 4.78 is 5.60. The lowest BCUT2D eigenvalue weighted by molar-refractivity contribution is -0.910. The van der Waals surface area contributed by atoms with Crippen molar-refractivity contribution in [3.05, 3.63) is 35.9 Å². The van der Waals surface area contributed by atoms with Crippen LogP contribution in [-0.4, -0.2) is 93.4 Å². The van der Waals surface area contributed by atoms with Crippen molar-refractivity contribution in [3.8, 4) is 0 Å². The molecule has 12 nitrogen and oxygen atoms in total. The van der Waals surface area contributed by atoms with Crippen LogP contribution in [0.4, 0.5) is 4.79 Å². The van der Waals surface area contributed by atoms with Gasteiger partial charge < -0.3 is 32.4 Å². The van der Waals surface area contributed by atoms with Crippen LogP contribution >= 0.6 is 0 Å². The fraction of sp³-hybridized carbons (Fsp3) is 0.643. The highest BCUT2D eigenvalue weighted by Crippen LogP contribution is 2.33. The van der Waals surface area contributed by atoms with Crippen molar-refractivity contribution in [1.82, 2.24) is 10.2 Å². The molecule has 0 spiro atoms. The molecule has 12 heteroatoms. The fourth-order valence-electron chi connectivity index (χ4n) is 5.00. The largest absolute Gasteiger partial charge is 0.517 e. The molecular formula is C28H47N6O6+. The number of rotatable bonds is 10. The zero-order chi connectivity index (χ0) is 30.5. The minimum absolute atomic E-state index is 0.0289. The molecule has 3 unspecified atom stereocenters. The average molecular weight is 564 g/mol. The summed E-state index contributed by atoms with van der Waals surface area (Å²) in [5.74, 6) is -2.17. The number of benzene rings is 1. The van der Waals surface area contributed by atoms with Crippen LogP contribution in [0.25, 0.3) is 0 Å². The number of aryl methyl sites for hydroxylation is 1. The Bertz CT molecular complexity index is 1050. The van der Waals surface area contributed by atoms with Gasteiger partial charge in [0.25, 0.3) is 0 Å². The van der Waals surface area contributed by atoms with Crippen molar-refractivity contribution in [2.45, 2.75) is 96.3 Å². The van der Waals surface area contributed by atoms with Crippen LogP contribution in [0.1, 0.15) is 59.9 Å². The number of amides is 4. The lowest BCUT2D eigenvalue weighted by Gasteiger charge is -2.53. The standard InChI is InChI=1S/C28H46N6O6/c1-27(2,3)34(26(39)40-28(4,5)6)15-14-33(20(17-34)23(31)37)24(32-25(38)19(29)16-22(30)36)21(35)13-12-18-10-8-7-9-11-18/h7-11,19-21,24,35H,12-17,29H2,1-6H3,(H4-,30,31,32,36,37,38)/p+1/t19-,20+,21?,24?,34?/m0/s1. The third-order valence-corrected chi connectivity index (χ3v) is 7.32. The summed E-state index contributed by atoms with van der Waals surface area (Å²) in [5, 5.41) is 14.1. The summed E-state index contributed by atoms with van der Waals surface area (Å²) in [4.78, 5) is 52.4. The lowest BCUT2D eigenvalue weighted by atomic mass is 9.95. The summed E-state index contributed by atoms with van der Waals surface area (Å²) in [7, 11) is 0. The van der Waals surface area contributed by atoms with E-state index in [0.717, 1.165) is 5.56 Å². The molecule has 1 aromatic rings. The normalized spacial score (nSPS) is 22.6. The number of piperazine rings is 1. The van der Waals surface area contributed by atoms with Gasteiger partial charge in [-0.05, 0) is 59.9 Å². The van der Waals surface area contributed by atoms with E-state index in [0.29, 0.717) is 6.42 Å². The van der Waals surface area contributed by atoms with E-state index in [2.05, 4.69) is 5.32 Å². The van der Waals surface area contributed by atoms with Crippen molar-refractivity contribution < 1.29 is 33.5 Å². The molecule has 0 bridgehead atoms. The number of hydrogen-bond donors (Lipinski definition) is 5. The van der Waals surface area contributed by atoms with E-state index in [1.165, 1.54) is 0 Å². The summed E-state index contributed by atoms with van der Waals surface area (Å²) >= 11 is 0. The summed E-state index contributed by atoms with van der Waals surface area (Å²) in [5.41, 5.74) is 16.6. The molecule has 224 valence electrons. The Kier molecular flexibility index (Phi) is 10.8. The van der Waals surface area contributed by atoms with Gasteiger partial charge in [-0.1, -0.05) is 30.3 Å². The summed E-state index contributed by atoms with van der Waals surface area (Å²) in [6, 6.07) is 7.22. The van der Waals surface area contributed by atoms with E-state index < -0.39 is 59.3 Å². The Balaban J connectivity index is 2.44. The van der Waals surface area contributed by atoms with Gasteiger partial charge in [-0.25, -0.2) is 4.48 Å². The number of primary amides is 2. The van der Waals surface area contributed by atoms with Crippen LogP contribution in [0.15, 0.2) is 30.3 Å². The lowest BCUT2D eigenvalue weighted by Crippen LogP contribution is -2.77. The maximum absolute atomic E-state index is 13.6. The molecule has 0 saturated carbocycles. The zero-order valence-corrected chi connectivity index (χ0v) is 24.6. The first-order valence-electron chi connectivity index (χ1n) is 13.6. The Morgan fingerprint density at radius 2 is 1.70 bits per heavy atom. The van der Waals surface area contributed by atoms with E-state index in [4.69, 9.17) is 21.9 Å². The molecule has 1 heterocycles. The second-order valence-corrected chi connectivity index (χ2v) is 12.5. The molecule has 40 heavy (non-hydrogen) atoms. The molecule has 0 aliphatic carbocycles. The van der Waals surface area contributed by atoms with Crippen LogP contribution in [-0.2, 0) is 25.5 Å². The molecule has 2 rings (SSSR count). The van der Waals surface area contributed by atoms with Crippen LogP contribution in [0.3, 0.4) is 0 Å². The van der Waals surface area contributed by atoms with Gasteiger partial charge in [-0.15, -0.1) is 0 Å². The van der Waals surface area contributed by atoms with Crippen LogP contribution in [0.2, 0.25) is 0 Å². The summed E-state index contributed by atoms with van der Waals surface area (Å²) in [6.07, 6.45) is -2.35. The molecule has 1 saturated heterocycles. The van der Waals surface area contributed by atoms with Gasteiger partial charge in [0.15, 0.2) is 0 Å². The molecule has 4 amide bonds. The molecular weight excluding hydrogens is 516 g/mol. The van der Waals surface area contributed by atoms with Crippen LogP contribution in [0, 0.1) is 0 Å². The van der Waals surface area contributed by atoms with Crippen molar-refractivity contribution in [3.63, 3.8) is 0 Å². The Morgan fingerprint density at radius 1 is 1.10 bits per heavy atom. The van der Waals surface area contributed by atoms with E-state index in [1.54, 1.807) is 25.7 Å². The number of hydrogen-bond acceptors (Lipinski definition) is 8. The number of carbonyl (C=O) groups excluding carboxylic acids is 4. The SMILES string of the molecule is CC(C)(C)OC(=O)[N+]1(C(C)(C)C)CCN(C(NC(=O)[C@@H](N)CC(N)=O)C(O)CCc2ccccc2)[C@@H](C(N)=O)C1. The van der Waals surface area contributed by atoms with Gasteiger partial charge in [-0.2, -0.15) is 4.79 Å². The molecule has 1 aliphatic heterocycles. The number of quaternary nitrogens is 1. The first kappa shape index (κ1) is 33.1. The second-order valence-electron chi connectivity index (χ2n) is 12.5. The Hall–Kier alpha value is -3.06. The van der Waals surface area contributed by atoms with Crippen molar-refractivity contribution in [1.29, 1.82) is 0 Å². The van der Waals surface area contributed by atoms with Crippen molar-refractivity contribution in [2.24, 2.45) is 17.2 Å². The minimum Gasteiger partial charge on any atom is -0.414 e. The first-order chi connectivity index (χ1) is 18.4. The maximum Gasteiger partial charge on any atom is 0.517 e. The highest BCUT2D eigenvalue weighted by Gasteiger charge is 2.57. The van der Waals surface area contributed by atoms with E-state index in [9.17, 15) is 24.3 Å². The maximum atomic E-state index is 13.6. The topological polar surface area (TPSA) is 191 Å².